The Balaban J connectivity index is 1.93. The molecule has 3 heterocycles. The van der Waals surface area contributed by atoms with Gasteiger partial charge in [-0.3, -0.25) is 0 Å². The molecule has 3 aromatic heterocycles. The summed E-state index contributed by atoms with van der Waals surface area (Å²) < 4.78 is 3.34. The molecular formula is C23H11IN4S2. The van der Waals surface area contributed by atoms with Crippen LogP contribution in [-0.2, 0) is 0 Å². The summed E-state index contributed by atoms with van der Waals surface area (Å²) in [6.45, 7) is 0. The number of nitriles is 3. The lowest BCUT2D eigenvalue weighted by Gasteiger charge is -2.14. The van der Waals surface area contributed by atoms with Crippen LogP contribution in [0.3, 0.4) is 0 Å². The molecule has 0 aliphatic carbocycles. The van der Waals surface area contributed by atoms with Crippen LogP contribution in [0.4, 0.5) is 0 Å². The van der Waals surface area contributed by atoms with E-state index in [1.807, 2.05) is 42.5 Å². The molecule has 7 heteroatoms. The average molecular weight is 534 g/mol. The number of nitrogens with zero attached hydrogens (tertiary/aromatic N) is 4. The highest BCUT2D eigenvalue weighted by Crippen LogP contribution is 2.39. The Hall–Kier alpha value is -3.16. The summed E-state index contributed by atoms with van der Waals surface area (Å²) in [6, 6.07) is 25.8. The molecule has 0 saturated carbocycles. The maximum absolute atomic E-state index is 9.48. The van der Waals surface area contributed by atoms with Gasteiger partial charge >= 0.3 is 0 Å². The minimum absolute atomic E-state index is 0.113. The third kappa shape index (κ3) is 3.58. The molecule has 0 bridgehead atoms. The molecule has 0 fully saturated rings. The van der Waals surface area contributed by atoms with Crippen molar-refractivity contribution >= 4 is 50.8 Å². The van der Waals surface area contributed by atoms with Crippen molar-refractivity contribution in [1.29, 1.82) is 15.8 Å². The maximum Gasteiger partial charge on any atom is 0.148 e. The lowest BCUT2D eigenvalue weighted by atomic mass is 10.1. The normalized spacial score (nSPS) is 10.1. The Bertz CT molecular complexity index is 1370. The number of hydrogen-bond acceptors (Lipinski definition) is 5. The van der Waals surface area contributed by atoms with Gasteiger partial charge in [0.05, 0.1) is 32.4 Å². The van der Waals surface area contributed by atoms with Gasteiger partial charge in [-0.1, -0.05) is 18.2 Å². The van der Waals surface area contributed by atoms with Gasteiger partial charge in [-0.15, -0.1) is 22.7 Å². The molecule has 0 N–H and O–H groups in total. The van der Waals surface area contributed by atoms with Gasteiger partial charge in [0, 0.05) is 8.45 Å². The van der Waals surface area contributed by atoms with Gasteiger partial charge in [0.1, 0.15) is 23.8 Å². The zero-order chi connectivity index (χ0) is 21.1. The quantitative estimate of drug-likeness (QED) is 0.212. The summed E-state index contributed by atoms with van der Waals surface area (Å²) in [4.78, 5) is 2.72. The van der Waals surface area contributed by atoms with E-state index >= 15 is 0 Å². The van der Waals surface area contributed by atoms with Gasteiger partial charge in [0.2, 0.25) is 0 Å². The predicted octanol–water partition coefficient (Wildman–Crippen LogP) is 6.86. The Morgan fingerprint density at radius 3 is 2.17 bits per heavy atom. The van der Waals surface area contributed by atoms with Crippen molar-refractivity contribution in [3.8, 4) is 45.0 Å². The number of rotatable bonds is 4. The maximum atomic E-state index is 9.48. The minimum atomic E-state index is -0.168. The van der Waals surface area contributed by atoms with Crippen molar-refractivity contribution in [3.05, 3.63) is 80.1 Å². The second-order valence-corrected chi connectivity index (χ2v) is 9.31. The number of para-hydroxylation sites is 1. The molecule has 0 atom stereocenters. The molecule has 1 aromatic carbocycles. The van der Waals surface area contributed by atoms with Gasteiger partial charge in [-0.25, -0.2) is 0 Å². The van der Waals surface area contributed by atoms with Crippen LogP contribution >= 0.6 is 45.3 Å². The van der Waals surface area contributed by atoms with Crippen LogP contribution in [0.2, 0.25) is 0 Å². The van der Waals surface area contributed by atoms with Crippen LogP contribution in [0.1, 0.15) is 4.88 Å². The Labute approximate surface area is 195 Å². The van der Waals surface area contributed by atoms with Crippen molar-refractivity contribution in [2.24, 2.45) is 0 Å². The molecule has 0 unspecified atom stereocenters. The van der Waals surface area contributed by atoms with Gasteiger partial charge in [0.15, 0.2) is 0 Å². The van der Waals surface area contributed by atoms with E-state index in [2.05, 4.69) is 62.9 Å². The summed E-state index contributed by atoms with van der Waals surface area (Å²) in [6.07, 6.45) is 0. The first-order chi connectivity index (χ1) is 14.7. The van der Waals surface area contributed by atoms with Crippen LogP contribution in [0.15, 0.2) is 71.6 Å². The van der Waals surface area contributed by atoms with Gasteiger partial charge in [0.25, 0.3) is 0 Å². The second-order valence-electron chi connectivity index (χ2n) is 6.12. The fraction of sp³-hybridized carbons (Fsp3) is 0. The zero-order valence-corrected chi connectivity index (χ0v) is 19.1. The average Bonchev–Trinajstić information content (AvgIpc) is 3.52. The molecule has 4 nitrogen and oxygen atoms in total. The van der Waals surface area contributed by atoms with Crippen LogP contribution in [0, 0.1) is 37.6 Å². The van der Waals surface area contributed by atoms with E-state index in [1.165, 1.54) is 11.3 Å². The number of allylic oxidation sites excluding steroid dienone is 2. The summed E-state index contributed by atoms with van der Waals surface area (Å²) in [5, 5.41) is 29.9. The van der Waals surface area contributed by atoms with Crippen molar-refractivity contribution in [2.75, 3.05) is 0 Å². The Kier molecular flexibility index (Phi) is 5.83. The van der Waals surface area contributed by atoms with Crippen LogP contribution in [0.25, 0.3) is 32.4 Å². The molecule has 4 aromatic rings. The van der Waals surface area contributed by atoms with Crippen molar-refractivity contribution in [1.82, 2.24) is 4.57 Å². The molecule has 0 aliphatic rings. The number of benzene rings is 1. The number of aromatic nitrogens is 1. The topological polar surface area (TPSA) is 76.3 Å². The van der Waals surface area contributed by atoms with E-state index in [0.717, 1.165) is 30.4 Å². The standard InChI is InChI=1S/C23H11IN4S2/c24-17-4-1-2-5-18(17)28-19(22-6-3-11-29-22)7-8-20(28)23-10-9-21(30-23)16(14-27)15(12-25)13-26/h1-11H. The molecule has 0 spiro atoms. The zero-order valence-electron chi connectivity index (χ0n) is 15.3. The lowest BCUT2D eigenvalue weighted by molar-refractivity contribution is 1.09. The second kappa shape index (κ2) is 8.69. The largest absolute Gasteiger partial charge is 0.307 e. The third-order valence-corrected chi connectivity index (χ3v) is 7.37. The number of halogens is 1. The van der Waals surface area contributed by atoms with Crippen molar-refractivity contribution < 1.29 is 0 Å². The van der Waals surface area contributed by atoms with Gasteiger partial charge in [-0.2, -0.15) is 15.8 Å². The molecule has 30 heavy (non-hydrogen) atoms. The summed E-state index contributed by atoms with van der Waals surface area (Å²) in [7, 11) is 0. The Morgan fingerprint density at radius 2 is 1.53 bits per heavy atom. The number of thiophene rings is 2. The summed E-state index contributed by atoms with van der Waals surface area (Å²) >= 11 is 5.42. The van der Waals surface area contributed by atoms with E-state index in [9.17, 15) is 5.26 Å². The van der Waals surface area contributed by atoms with Gasteiger partial charge < -0.3 is 4.57 Å². The Morgan fingerprint density at radius 1 is 0.800 bits per heavy atom. The molecule has 0 radical (unpaired) electrons. The van der Waals surface area contributed by atoms with Crippen LogP contribution in [-0.4, -0.2) is 4.57 Å². The molecular weight excluding hydrogens is 523 g/mol. The van der Waals surface area contributed by atoms with E-state index in [0.29, 0.717) is 4.88 Å². The van der Waals surface area contributed by atoms with Gasteiger partial charge in [-0.05, 0) is 70.4 Å². The summed E-state index contributed by atoms with van der Waals surface area (Å²) in [5.74, 6) is 0. The lowest BCUT2D eigenvalue weighted by Crippen LogP contribution is -2.00. The molecule has 142 valence electrons. The molecule has 4 rings (SSSR count). The highest BCUT2D eigenvalue weighted by atomic mass is 127. The van der Waals surface area contributed by atoms with E-state index in [1.54, 1.807) is 17.4 Å². The van der Waals surface area contributed by atoms with Crippen molar-refractivity contribution in [3.63, 3.8) is 0 Å². The number of hydrogen-bond donors (Lipinski definition) is 0. The smallest absolute Gasteiger partial charge is 0.148 e. The van der Waals surface area contributed by atoms with Crippen LogP contribution < -0.4 is 0 Å². The van der Waals surface area contributed by atoms with E-state index in [4.69, 9.17) is 10.5 Å². The monoisotopic (exact) mass is 534 g/mol. The molecule has 0 aliphatic heterocycles. The van der Waals surface area contributed by atoms with Crippen molar-refractivity contribution in [2.45, 2.75) is 0 Å². The SMILES string of the molecule is N#CC(C#N)=C(C#N)c1ccc(-c2ccc(-c3cccs3)n2-c2ccccc2I)s1. The third-order valence-electron chi connectivity index (χ3n) is 4.44. The minimum Gasteiger partial charge on any atom is -0.307 e. The summed E-state index contributed by atoms with van der Waals surface area (Å²) in [5.41, 5.74) is 3.10. The first kappa shape index (κ1) is 20.1. The van der Waals surface area contributed by atoms with Crippen LogP contribution in [0.5, 0.6) is 0 Å². The highest BCUT2D eigenvalue weighted by Gasteiger charge is 2.19. The predicted molar refractivity (Wildman–Crippen MR) is 129 cm³/mol. The first-order valence-electron chi connectivity index (χ1n) is 8.73. The highest BCUT2D eigenvalue weighted by molar-refractivity contribution is 14.1. The fourth-order valence-corrected chi connectivity index (χ4v) is 5.51. The molecule has 0 saturated heterocycles. The van der Waals surface area contributed by atoms with E-state index in [-0.39, 0.29) is 11.1 Å². The first-order valence-corrected chi connectivity index (χ1v) is 11.5. The molecule has 0 amide bonds. The van der Waals surface area contributed by atoms with E-state index < -0.39 is 0 Å². The fourth-order valence-electron chi connectivity index (χ4n) is 3.12.